The molecule has 0 spiro atoms. The number of amides is 4. The molecule has 1 saturated heterocycles. The molecular formula is C34H25N3O6. The van der Waals surface area contributed by atoms with Gasteiger partial charge in [0.1, 0.15) is 0 Å². The van der Waals surface area contributed by atoms with Crippen LogP contribution in [0, 0.1) is 11.8 Å². The zero-order valence-electron chi connectivity index (χ0n) is 22.7. The molecule has 0 radical (unpaired) electrons. The van der Waals surface area contributed by atoms with Crippen LogP contribution in [0.1, 0.15) is 54.8 Å². The Morgan fingerprint density at radius 3 is 1.60 bits per heavy atom. The first-order chi connectivity index (χ1) is 20.9. The Kier molecular flexibility index (Phi) is 6.35. The van der Waals surface area contributed by atoms with Crippen molar-refractivity contribution in [2.24, 2.45) is 11.8 Å². The predicted octanol–water partition coefficient (Wildman–Crippen LogP) is 3.70. The molecule has 0 unspecified atom stereocenters. The van der Waals surface area contributed by atoms with Gasteiger partial charge in [-0.3, -0.25) is 30.0 Å². The number of nitrogens with one attached hydrogen (secondary N) is 2. The van der Waals surface area contributed by atoms with E-state index < -0.39 is 36.2 Å². The summed E-state index contributed by atoms with van der Waals surface area (Å²) >= 11 is 0. The Bertz CT molecular complexity index is 1690. The monoisotopic (exact) mass is 571 g/mol. The second-order valence-electron chi connectivity index (χ2n) is 10.8. The van der Waals surface area contributed by atoms with Crippen LogP contribution in [0.2, 0.25) is 0 Å². The zero-order chi connectivity index (χ0) is 29.7. The Morgan fingerprint density at radius 1 is 0.605 bits per heavy atom. The molecule has 1 fully saturated rings. The molecule has 4 aromatic carbocycles. The fourth-order valence-electron chi connectivity index (χ4n) is 6.72. The molecule has 1 heterocycles. The molecular weight excluding hydrogens is 546 g/mol. The number of nitrogens with zero attached hydrogens (tertiary/aromatic N) is 1. The number of hydrogen-bond donors (Lipinski definition) is 2. The molecule has 9 nitrogen and oxygen atoms in total. The average molecular weight is 572 g/mol. The Labute approximate surface area is 246 Å². The highest BCUT2D eigenvalue weighted by Gasteiger charge is 2.61. The third-order valence-corrected chi connectivity index (χ3v) is 8.50. The van der Waals surface area contributed by atoms with Crippen LogP contribution in [0.25, 0.3) is 0 Å². The lowest BCUT2D eigenvalue weighted by Crippen LogP contribution is -2.43. The summed E-state index contributed by atoms with van der Waals surface area (Å²) in [6, 6.07) is 30.4. The van der Waals surface area contributed by atoms with E-state index in [0.29, 0.717) is 11.3 Å². The standard InChI is InChI=1S/C34H25N3O6/c38-26(35-36-31(39)19-8-2-1-3-9-19)18-43-34(42)20-14-16-21(17-15-20)37-32(40)29-27-22-10-4-5-11-23(22)28(30(29)33(37)41)25-13-7-6-12-24(25)27/h1-17,27-30H,18H2,(H,35,38)(H,36,39)/t27?,28?,29-,30-/m0/s1. The van der Waals surface area contributed by atoms with E-state index in [0.717, 1.165) is 22.3 Å². The van der Waals surface area contributed by atoms with Gasteiger partial charge in [-0.2, -0.15) is 0 Å². The van der Waals surface area contributed by atoms with Crippen molar-refractivity contribution in [3.8, 4) is 0 Å². The van der Waals surface area contributed by atoms with E-state index in [1.807, 2.05) is 24.3 Å². The number of anilines is 1. The van der Waals surface area contributed by atoms with Crippen LogP contribution >= 0.6 is 0 Å². The predicted molar refractivity (Wildman–Crippen MR) is 155 cm³/mol. The Morgan fingerprint density at radius 2 is 1.09 bits per heavy atom. The lowest BCUT2D eigenvalue weighted by atomic mass is 9.55. The third-order valence-electron chi connectivity index (χ3n) is 8.50. The fraction of sp³-hybridized carbons (Fsp3) is 0.147. The summed E-state index contributed by atoms with van der Waals surface area (Å²) in [6.45, 7) is -0.619. The van der Waals surface area contributed by atoms with Gasteiger partial charge in [0.15, 0.2) is 6.61 Å². The van der Waals surface area contributed by atoms with Gasteiger partial charge in [0.25, 0.3) is 11.8 Å². The SMILES string of the molecule is O=C(COC(=O)c1ccc(N2C(=O)[C@H]3C4c5ccccc5C(c5ccccc54)[C@@H]3C2=O)cc1)NNC(=O)c1ccccc1. The van der Waals surface area contributed by atoms with Gasteiger partial charge in [-0.05, 0) is 58.7 Å². The molecule has 43 heavy (non-hydrogen) atoms. The lowest BCUT2D eigenvalue weighted by Gasteiger charge is -2.45. The number of ether oxygens (including phenoxy) is 1. The van der Waals surface area contributed by atoms with Crippen LogP contribution in [-0.4, -0.2) is 36.2 Å². The number of imide groups is 1. The number of carbonyl (C=O) groups is 5. The molecule has 1 aliphatic heterocycles. The summed E-state index contributed by atoms with van der Waals surface area (Å²) < 4.78 is 5.07. The van der Waals surface area contributed by atoms with Crippen molar-refractivity contribution in [3.63, 3.8) is 0 Å². The second kappa shape index (κ2) is 10.4. The zero-order valence-corrected chi connectivity index (χ0v) is 22.7. The Balaban J connectivity index is 1.04. The van der Waals surface area contributed by atoms with Crippen molar-refractivity contribution in [1.29, 1.82) is 0 Å². The second-order valence-corrected chi connectivity index (χ2v) is 10.8. The molecule has 8 rings (SSSR count). The molecule has 4 aromatic rings. The molecule has 0 aromatic heterocycles. The molecule has 0 saturated carbocycles. The Hall–Kier alpha value is -5.57. The van der Waals surface area contributed by atoms with Crippen molar-refractivity contribution in [3.05, 3.63) is 137 Å². The smallest absolute Gasteiger partial charge is 0.338 e. The van der Waals surface area contributed by atoms with E-state index in [1.165, 1.54) is 29.2 Å². The minimum Gasteiger partial charge on any atom is -0.452 e. The van der Waals surface area contributed by atoms with E-state index in [-0.39, 0.29) is 29.2 Å². The van der Waals surface area contributed by atoms with Crippen LogP contribution in [0.4, 0.5) is 5.69 Å². The highest BCUT2D eigenvalue weighted by molar-refractivity contribution is 6.23. The average Bonchev–Trinajstić information content (AvgIpc) is 3.32. The van der Waals surface area contributed by atoms with Gasteiger partial charge in [0, 0.05) is 17.4 Å². The first-order valence-corrected chi connectivity index (χ1v) is 13.9. The largest absolute Gasteiger partial charge is 0.452 e. The van der Waals surface area contributed by atoms with Crippen LogP contribution in [0.3, 0.4) is 0 Å². The van der Waals surface area contributed by atoms with Gasteiger partial charge < -0.3 is 4.74 Å². The van der Waals surface area contributed by atoms with Gasteiger partial charge >= 0.3 is 5.97 Å². The molecule has 212 valence electrons. The summed E-state index contributed by atoms with van der Waals surface area (Å²) in [7, 11) is 0. The number of hydrazine groups is 1. The number of benzene rings is 4. The van der Waals surface area contributed by atoms with Gasteiger partial charge in [-0.25, -0.2) is 9.69 Å². The van der Waals surface area contributed by atoms with Crippen molar-refractivity contribution < 1.29 is 28.7 Å². The molecule has 9 heteroatoms. The van der Waals surface area contributed by atoms with Gasteiger partial charge in [-0.15, -0.1) is 0 Å². The molecule has 3 aliphatic carbocycles. The van der Waals surface area contributed by atoms with Crippen molar-refractivity contribution in [2.75, 3.05) is 11.5 Å². The topological polar surface area (TPSA) is 122 Å². The summed E-state index contributed by atoms with van der Waals surface area (Å²) in [4.78, 5) is 65.7. The van der Waals surface area contributed by atoms with Crippen molar-refractivity contribution >= 4 is 35.3 Å². The van der Waals surface area contributed by atoms with E-state index >= 15 is 0 Å². The molecule has 4 amide bonds. The van der Waals surface area contributed by atoms with Crippen molar-refractivity contribution in [1.82, 2.24) is 10.9 Å². The quantitative estimate of drug-likeness (QED) is 0.214. The normalized spacial score (nSPS) is 21.0. The summed E-state index contributed by atoms with van der Waals surface area (Å²) in [6.07, 6.45) is 0. The van der Waals surface area contributed by atoms with Crippen LogP contribution in [0.15, 0.2) is 103 Å². The van der Waals surface area contributed by atoms with Crippen LogP contribution in [0.5, 0.6) is 0 Å². The molecule has 2 bridgehead atoms. The molecule has 4 aliphatic rings. The molecule has 2 atom stereocenters. The van der Waals surface area contributed by atoms with Crippen LogP contribution in [-0.2, 0) is 19.1 Å². The maximum atomic E-state index is 13.9. The van der Waals surface area contributed by atoms with E-state index in [1.54, 1.807) is 30.3 Å². The van der Waals surface area contributed by atoms with Gasteiger partial charge in [0.05, 0.1) is 23.1 Å². The summed E-state index contributed by atoms with van der Waals surface area (Å²) in [5.74, 6) is -3.93. The van der Waals surface area contributed by atoms with E-state index in [2.05, 4.69) is 35.1 Å². The highest BCUT2D eigenvalue weighted by atomic mass is 16.5. The third kappa shape index (κ3) is 4.28. The van der Waals surface area contributed by atoms with Crippen LogP contribution < -0.4 is 15.8 Å². The first kappa shape index (κ1) is 26.3. The first-order valence-electron chi connectivity index (χ1n) is 13.9. The lowest BCUT2D eigenvalue weighted by molar-refractivity contribution is -0.125. The van der Waals surface area contributed by atoms with E-state index in [4.69, 9.17) is 4.74 Å². The van der Waals surface area contributed by atoms with E-state index in [9.17, 15) is 24.0 Å². The number of hydrogen-bond acceptors (Lipinski definition) is 6. The molecule has 2 N–H and O–H groups in total. The number of carbonyl (C=O) groups excluding carboxylic acids is 5. The summed E-state index contributed by atoms with van der Waals surface area (Å²) in [5.41, 5.74) is 9.70. The van der Waals surface area contributed by atoms with Gasteiger partial charge in [-0.1, -0.05) is 66.7 Å². The van der Waals surface area contributed by atoms with Gasteiger partial charge in [0.2, 0.25) is 11.8 Å². The minimum atomic E-state index is -0.771. The highest BCUT2D eigenvalue weighted by Crippen LogP contribution is 2.61. The fourth-order valence-corrected chi connectivity index (χ4v) is 6.72. The minimum absolute atomic E-state index is 0.140. The number of rotatable bonds is 5. The van der Waals surface area contributed by atoms with Crippen molar-refractivity contribution in [2.45, 2.75) is 11.8 Å². The summed E-state index contributed by atoms with van der Waals surface area (Å²) in [5, 5.41) is 0. The maximum Gasteiger partial charge on any atom is 0.338 e. The maximum absolute atomic E-state index is 13.9. The number of esters is 1.